The molecule has 102 valence electrons. The molecule has 2 aromatic heterocycles. The molecule has 2 heterocycles. The molecule has 8 heteroatoms. The van der Waals surface area contributed by atoms with Gasteiger partial charge in [0.15, 0.2) is 0 Å². The smallest absolute Gasteiger partial charge is 0.241 e. The Balaban J connectivity index is 2.01. The number of hydrogen-bond acceptors (Lipinski definition) is 7. The van der Waals surface area contributed by atoms with Crippen molar-refractivity contribution in [2.24, 2.45) is 0 Å². The molecule has 0 spiro atoms. The Labute approximate surface area is 111 Å². The van der Waals surface area contributed by atoms with Crippen LogP contribution in [0.1, 0.15) is 13.8 Å². The first kappa shape index (κ1) is 13.2. The van der Waals surface area contributed by atoms with E-state index < -0.39 is 0 Å². The molecule has 0 amide bonds. The largest absolute Gasteiger partial charge is 0.377 e. The molecule has 0 saturated heterocycles. The van der Waals surface area contributed by atoms with Gasteiger partial charge in [0.1, 0.15) is 6.33 Å². The molecule has 8 nitrogen and oxygen atoms in total. The zero-order valence-corrected chi connectivity index (χ0v) is 10.9. The first-order valence-corrected chi connectivity index (χ1v) is 6.00. The average molecular weight is 263 g/mol. The molecule has 0 aliphatic heterocycles. The topological polar surface area (TPSA) is 104 Å². The Morgan fingerprint density at radius 2 is 2.21 bits per heavy atom. The van der Waals surface area contributed by atoms with Crippen LogP contribution < -0.4 is 11.1 Å². The Morgan fingerprint density at radius 3 is 2.89 bits per heavy atom. The summed E-state index contributed by atoms with van der Waals surface area (Å²) >= 11 is 0. The lowest BCUT2D eigenvalue weighted by atomic mass is 10.5. The van der Waals surface area contributed by atoms with Crippen molar-refractivity contribution in [3.63, 3.8) is 0 Å². The van der Waals surface area contributed by atoms with E-state index in [9.17, 15) is 0 Å². The summed E-state index contributed by atoms with van der Waals surface area (Å²) in [7, 11) is 0. The van der Waals surface area contributed by atoms with Crippen molar-refractivity contribution in [3.8, 4) is 5.95 Å². The van der Waals surface area contributed by atoms with E-state index in [1.165, 1.54) is 0 Å². The number of nitrogen functional groups attached to an aromatic ring is 1. The van der Waals surface area contributed by atoms with E-state index in [1.54, 1.807) is 23.3 Å². The minimum Gasteiger partial charge on any atom is -0.377 e. The highest BCUT2D eigenvalue weighted by Gasteiger charge is 2.05. The summed E-state index contributed by atoms with van der Waals surface area (Å²) in [4.78, 5) is 16.2. The molecule has 19 heavy (non-hydrogen) atoms. The fourth-order valence-corrected chi connectivity index (χ4v) is 1.41. The van der Waals surface area contributed by atoms with Crippen molar-refractivity contribution in [2.45, 2.75) is 20.0 Å². The summed E-state index contributed by atoms with van der Waals surface area (Å²) in [6, 6.07) is 0. The molecule has 0 aliphatic carbocycles. The maximum absolute atomic E-state index is 5.65. The van der Waals surface area contributed by atoms with Gasteiger partial charge in [0.2, 0.25) is 17.8 Å². The second-order valence-corrected chi connectivity index (χ2v) is 4.13. The van der Waals surface area contributed by atoms with Gasteiger partial charge in [-0.2, -0.15) is 15.0 Å². The lowest BCUT2D eigenvalue weighted by molar-refractivity contribution is 0.0870. The third-order valence-corrected chi connectivity index (χ3v) is 2.21. The highest BCUT2D eigenvalue weighted by atomic mass is 16.5. The zero-order chi connectivity index (χ0) is 13.7. The van der Waals surface area contributed by atoms with Crippen molar-refractivity contribution < 1.29 is 4.74 Å². The summed E-state index contributed by atoms with van der Waals surface area (Å²) in [6.07, 6.45) is 5.18. The van der Waals surface area contributed by atoms with Gasteiger partial charge in [-0.3, -0.25) is 4.57 Å². The van der Waals surface area contributed by atoms with E-state index in [2.05, 4.69) is 25.3 Å². The summed E-state index contributed by atoms with van der Waals surface area (Å²) in [5, 5.41) is 3.04. The molecular weight excluding hydrogens is 246 g/mol. The SMILES string of the molecule is CC(C)OCCNc1nc(N)nc(-n2ccnc2)n1. The molecule has 0 atom stereocenters. The summed E-state index contributed by atoms with van der Waals surface area (Å²) < 4.78 is 7.08. The van der Waals surface area contributed by atoms with E-state index in [-0.39, 0.29) is 12.1 Å². The molecule has 0 fully saturated rings. The number of nitrogens with one attached hydrogen (secondary N) is 1. The number of imidazole rings is 1. The van der Waals surface area contributed by atoms with Gasteiger partial charge in [-0.15, -0.1) is 0 Å². The van der Waals surface area contributed by atoms with Gasteiger partial charge < -0.3 is 15.8 Å². The minimum atomic E-state index is 0.158. The van der Waals surface area contributed by atoms with Gasteiger partial charge in [-0.25, -0.2) is 4.98 Å². The average Bonchev–Trinajstić information content (AvgIpc) is 2.87. The Bertz CT molecular complexity index is 512. The summed E-state index contributed by atoms with van der Waals surface area (Å²) in [6.45, 7) is 5.14. The van der Waals surface area contributed by atoms with Crippen LogP contribution in [0.15, 0.2) is 18.7 Å². The number of aromatic nitrogens is 5. The summed E-state index contributed by atoms with van der Waals surface area (Å²) in [5.41, 5.74) is 5.65. The fourth-order valence-electron chi connectivity index (χ4n) is 1.41. The number of nitrogens with zero attached hydrogens (tertiary/aromatic N) is 5. The van der Waals surface area contributed by atoms with Crippen molar-refractivity contribution >= 4 is 11.9 Å². The molecule has 0 radical (unpaired) electrons. The highest BCUT2D eigenvalue weighted by Crippen LogP contribution is 2.06. The second kappa shape index (κ2) is 6.10. The quantitative estimate of drug-likeness (QED) is 0.730. The minimum absolute atomic E-state index is 0.158. The van der Waals surface area contributed by atoms with Crippen LogP contribution in [0.3, 0.4) is 0 Å². The third-order valence-electron chi connectivity index (χ3n) is 2.21. The second-order valence-electron chi connectivity index (χ2n) is 4.13. The number of ether oxygens (including phenoxy) is 1. The normalized spacial score (nSPS) is 10.9. The van der Waals surface area contributed by atoms with Crippen LogP contribution in [0.25, 0.3) is 5.95 Å². The van der Waals surface area contributed by atoms with Gasteiger partial charge in [-0.05, 0) is 13.8 Å². The molecule has 2 aromatic rings. The highest BCUT2D eigenvalue weighted by molar-refractivity contribution is 5.34. The van der Waals surface area contributed by atoms with E-state index in [1.807, 2.05) is 13.8 Å². The maximum atomic E-state index is 5.65. The van der Waals surface area contributed by atoms with Crippen molar-refractivity contribution in [1.29, 1.82) is 0 Å². The van der Waals surface area contributed by atoms with Gasteiger partial charge >= 0.3 is 0 Å². The zero-order valence-electron chi connectivity index (χ0n) is 10.9. The van der Waals surface area contributed by atoms with Crippen molar-refractivity contribution in [2.75, 3.05) is 24.2 Å². The Hall–Kier alpha value is -2.22. The molecule has 2 rings (SSSR count). The molecule has 0 bridgehead atoms. The van der Waals surface area contributed by atoms with E-state index in [4.69, 9.17) is 10.5 Å². The predicted molar refractivity (Wildman–Crippen MR) is 70.9 cm³/mol. The van der Waals surface area contributed by atoms with Crippen molar-refractivity contribution in [1.82, 2.24) is 24.5 Å². The number of hydrogen-bond donors (Lipinski definition) is 2. The van der Waals surface area contributed by atoms with Crippen LogP contribution in [-0.2, 0) is 4.74 Å². The van der Waals surface area contributed by atoms with Crippen LogP contribution in [0.5, 0.6) is 0 Å². The van der Waals surface area contributed by atoms with Crippen molar-refractivity contribution in [3.05, 3.63) is 18.7 Å². The molecule has 3 N–H and O–H groups in total. The van der Waals surface area contributed by atoms with Gasteiger partial charge in [0, 0.05) is 18.9 Å². The first-order chi connectivity index (χ1) is 9.15. The van der Waals surface area contributed by atoms with Crippen LogP contribution in [-0.4, -0.2) is 43.8 Å². The standard InChI is InChI=1S/C11H17N7O/c1-8(2)19-6-4-14-10-15-9(12)16-11(17-10)18-5-3-13-7-18/h3,5,7-8H,4,6H2,1-2H3,(H3,12,14,15,16,17). The number of nitrogens with two attached hydrogens (primary N) is 1. The number of anilines is 2. The van der Waals surface area contributed by atoms with E-state index in [0.717, 1.165) is 0 Å². The number of rotatable bonds is 6. The van der Waals surface area contributed by atoms with Crippen LogP contribution in [0.4, 0.5) is 11.9 Å². The lowest BCUT2D eigenvalue weighted by Crippen LogP contribution is -2.16. The van der Waals surface area contributed by atoms with Crippen LogP contribution >= 0.6 is 0 Å². The van der Waals surface area contributed by atoms with Crippen LogP contribution in [0, 0.1) is 0 Å². The maximum Gasteiger partial charge on any atom is 0.241 e. The van der Waals surface area contributed by atoms with Gasteiger partial charge in [0.05, 0.1) is 12.7 Å². The first-order valence-electron chi connectivity index (χ1n) is 6.00. The molecular formula is C11H17N7O. The molecule has 0 saturated carbocycles. The van der Waals surface area contributed by atoms with Gasteiger partial charge in [-0.1, -0.05) is 0 Å². The summed E-state index contributed by atoms with van der Waals surface area (Å²) in [5.74, 6) is 1.01. The van der Waals surface area contributed by atoms with Gasteiger partial charge in [0.25, 0.3) is 0 Å². The Morgan fingerprint density at radius 1 is 1.37 bits per heavy atom. The van der Waals surface area contributed by atoms with Crippen LogP contribution in [0.2, 0.25) is 0 Å². The molecule has 0 aromatic carbocycles. The molecule has 0 aliphatic rings. The fraction of sp³-hybridized carbons (Fsp3) is 0.455. The third kappa shape index (κ3) is 3.88. The Kier molecular flexibility index (Phi) is 4.24. The monoisotopic (exact) mass is 263 g/mol. The molecule has 0 unspecified atom stereocenters. The predicted octanol–water partition coefficient (Wildman–Crippen LogP) is 0.476. The van der Waals surface area contributed by atoms with E-state index >= 15 is 0 Å². The lowest BCUT2D eigenvalue weighted by Gasteiger charge is -2.09. The van der Waals surface area contributed by atoms with E-state index in [0.29, 0.717) is 25.0 Å².